The number of hydrogen-bond acceptors (Lipinski definition) is 10. The van der Waals surface area contributed by atoms with Crippen molar-refractivity contribution in [2.24, 2.45) is 5.92 Å². The van der Waals surface area contributed by atoms with E-state index in [2.05, 4.69) is 20.3 Å². The summed E-state index contributed by atoms with van der Waals surface area (Å²) in [5.74, 6) is 3.01. The number of methoxy groups -OCH3 is 1. The average molecular weight is 422 g/mol. The third-order valence-electron chi connectivity index (χ3n) is 4.37. The fourth-order valence-electron chi connectivity index (χ4n) is 2.95. The largest absolute Gasteiger partial charge is 0.497 e. The fraction of sp³-hybridized carbons (Fsp3) is 0.412. The Balaban J connectivity index is 1.32. The fourth-order valence-corrected chi connectivity index (χ4v) is 5.43. The van der Waals surface area contributed by atoms with Crippen molar-refractivity contribution in [3.8, 4) is 17.1 Å². The van der Waals surface area contributed by atoms with Crippen LogP contribution in [-0.2, 0) is 22.0 Å². The minimum Gasteiger partial charge on any atom is -0.497 e. The molecule has 0 unspecified atom stereocenters. The Bertz CT molecular complexity index is 1050. The van der Waals surface area contributed by atoms with E-state index < -0.39 is 9.84 Å². The summed E-state index contributed by atoms with van der Waals surface area (Å²) in [5.41, 5.74) is 0.826. The maximum atomic E-state index is 11.5. The van der Waals surface area contributed by atoms with Crippen LogP contribution in [0.25, 0.3) is 11.4 Å². The highest BCUT2D eigenvalue weighted by molar-refractivity contribution is 7.98. The van der Waals surface area contributed by atoms with E-state index in [-0.39, 0.29) is 17.4 Å². The summed E-state index contributed by atoms with van der Waals surface area (Å²) in [6, 6.07) is 7.37. The van der Waals surface area contributed by atoms with Crippen LogP contribution in [0, 0.1) is 5.92 Å². The molecule has 0 amide bonds. The number of benzene rings is 1. The quantitative estimate of drug-likeness (QED) is 0.525. The van der Waals surface area contributed by atoms with Crippen LogP contribution >= 0.6 is 11.8 Å². The van der Waals surface area contributed by atoms with Gasteiger partial charge in [-0.2, -0.15) is 4.98 Å². The first kappa shape index (κ1) is 18.9. The summed E-state index contributed by atoms with van der Waals surface area (Å²) in [5, 5.41) is 12.4. The highest BCUT2D eigenvalue weighted by atomic mass is 32.2. The van der Waals surface area contributed by atoms with Gasteiger partial charge in [0.2, 0.25) is 17.6 Å². The summed E-state index contributed by atoms with van der Waals surface area (Å²) in [7, 11) is -1.30. The Morgan fingerprint density at radius 3 is 2.75 bits per heavy atom. The normalized spacial score (nSPS) is 18.4. The zero-order valence-corrected chi connectivity index (χ0v) is 16.7. The molecule has 28 heavy (non-hydrogen) atoms. The first-order valence-electron chi connectivity index (χ1n) is 8.63. The molecule has 2 aromatic heterocycles. The molecule has 0 saturated carbocycles. The van der Waals surface area contributed by atoms with Gasteiger partial charge in [0.1, 0.15) is 5.75 Å². The van der Waals surface area contributed by atoms with Crippen molar-refractivity contribution in [2.75, 3.05) is 18.6 Å². The Morgan fingerprint density at radius 2 is 2.04 bits per heavy atom. The molecule has 1 atom stereocenters. The van der Waals surface area contributed by atoms with E-state index >= 15 is 0 Å². The number of aromatic nitrogens is 4. The molecule has 0 bridgehead atoms. The molecule has 1 saturated heterocycles. The van der Waals surface area contributed by atoms with Crippen LogP contribution in [0.5, 0.6) is 5.75 Å². The molecule has 1 aromatic carbocycles. The van der Waals surface area contributed by atoms with Crippen molar-refractivity contribution in [1.29, 1.82) is 0 Å². The molecule has 3 aromatic rings. The Labute approximate surface area is 165 Å². The summed E-state index contributed by atoms with van der Waals surface area (Å²) in [6.45, 7) is 0. The van der Waals surface area contributed by atoms with Gasteiger partial charge in [0, 0.05) is 12.0 Å². The molecule has 0 spiro atoms. The zero-order valence-electron chi connectivity index (χ0n) is 15.1. The van der Waals surface area contributed by atoms with Crippen molar-refractivity contribution >= 4 is 21.6 Å². The molecular weight excluding hydrogens is 404 g/mol. The molecule has 0 N–H and O–H groups in total. The smallest absolute Gasteiger partial charge is 0.277 e. The van der Waals surface area contributed by atoms with Crippen LogP contribution in [0.2, 0.25) is 0 Å². The number of hydrogen-bond donors (Lipinski definition) is 0. The average Bonchev–Trinajstić information content (AvgIpc) is 3.41. The Hall–Kier alpha value is -2.40. The lowest BCUT2D eigenvalue weighted by Crippen LogP contribution is -2.07. The van der Waals surface area contributed by atoms with Crippen molar-refractivity contribution < 1.29 is 22.1 Å². The van der Waals surface area contributed by atoms with Gasteiger partial charge in [-0.05, 0) is 36.6 Å². The van der Waals surface area contributed by atoms with E-state index in [1.54, 1.807) is 7.11 Å². The molecule has 0 radical (unpaired) electrons. The van der Waals surface area contributed by atoms with Crippen molar-refractivity contribution in [1.82, 2.24) is 20.3 Å². The third kappa shape index (κ3) is 4.53. The van der Waals surface area contributed by atoms with Crippen molar-refractivity contribution in [3.05, 3.63) is 36.0 Å². The second kappa shape index (κ2) is 7.92. The first-order valence-corrected chi connectivity index (χ1v) is 11.4. The molecule has 4 rings (SSSR count). The van der Waals surface area contributed by atoms with E-state index in [0.717, 1.165) is 11.3 Å². The monoisotopic (exact) mass is 422 g/mol. The molecule has 0 aliphatic carbocycles. The van der Waals surface area contributed by atoms with Gasteiger partial charge in [-0.1, -0.05) is 16.9 Å². The number of rotatable bonds is 7. The Kier molecular flexibility index (Phi) is 5.36. The number of nitrogens with zero attached hydrogens (tertiary/aromatic N) is 4. The highest BCUT2D eigenvalue weighted by Crippen LogP contribution is 2.26. The zero-order chi connectivity index (χ0) is 19.6. The van der Waals surface area contributed by atoms with Gasteiger partial charge in [0.25, 0.3) is 5.22 Å². The van der Waals surface area contributed by atoms with Gasteiger partial charge in [-0.3, -0.25) is 0 Å². The predicted molar refractivity (Wildman–Crippen MR) is 101 cm³/mol. The topological polar surface area (TPSA) is 121 Å². The standard InChI is InChI=1S/C17H18N4O5S2/c1-24-13-4-2-12(3-5-13)16-18-15(26-21-16)9-27-17-20-19-14(25-17)8-11-6-7-28(22,23)10-11/h2-5,11H,6-10H2,1H3/t11-/m1/s1. The van der Waals surface area contributed by atoms with E-state index in [0.29, 0.717) is 41.4 Å². The van der Waals surface area contributed by atoms with E-state index in [9.17, 15) is 8.42 Å². The molecular formula is C17H18N4O5S2. The van der Waals surface area contributed by atoms with Gasteiger partial charge in [-0.15, -0.1) is 10.2 Å². The predicted octanol–water partition coefficient (Wildman–Crippen LogP) is 2.40. The molecule has 9 nitrogen and oxygen atoms in total. The van der Waals surface area contributed by atoms with Crippen LogP contribution in [0.15, 0.2) is 38.4 Å². The summed E-state index contributed by atoms with van der Waals surface area (Å²) < 4.78 is 39.1. The third-order valence-corrected chi connectivity index (χ3v) is 7.01. The van der Waals surface area contributed by atoms with Crippen LogP contribution in [0.4, 0.5) is 0 Å². The van der Waals surface area contributed by atoms with E-state index in [1.807, 2.05) is 24.3 Å². The highest BCUT2D eigenvalue weighted by Gasteiger charge is 2.29. The van der Waals surface area contributed by atoms with Gasteiger partial charge in [-0.25, -0.2) is 8.42 Å². The maximum absolute atomic E-state index is 11.5. The molecule has 1 aliphatic heterocycles. The van der Waals surface area contributed by atoms with Crippen LogP contribution in [-0.4, -0.2) is 47.4 Å². The summed E-state index contributed by atoms with van der Waals surface area (Å²) >= 11 is 1.29. The molecule has 1 aliphatic rings. The minimum atomic E-state index is -2.91. The van der Waals surface area contributed by atoms with Gasteiger partial charge < -0.3 is 13.7 Å². The van der Waals surface area contributed by atoms with Gasteiger partial charge in [0.05, 0.1) is 24.4 Å². The molecule has 148 valence electrons. The van der Waals surface area contributed by atoms with Crippen LogP contribution in [0.1, 0.15) is 18.2 Å². The minimum absolute atomic E-state index is 0.0475. The lowest BCUT2D eigenvalue weighted by Gasteiger charge is -2.01. The van der Waals surface area contributed by atoms with Crippen molar-refractivity contribution in [2.45, 2.75) is 23.8 Å². The van der Waals surface area contributed by atoms with E-state index in [1.165, 1.54) is 11.8 Å². The second-order valence-corrected chi connectivity index (χ2v) is 9.62. The lowest BCUT2D eigenvalue weighted by atomic mass is 10.1. The van der Waals surface area contributed by atoms with Gasteiger partial charge >= 0.3 is 0 Å². The number of thioether (sulfide) groups is 1. The number of ether oxygens (including phenoxy) is 1. The van der Waals surface area contributed by atoms with Crippen LogP contribution < -0.4 is 4.74 Å². The number of sulfone groups is 1. The molecule has 1 fully saturated rings. The summed E-state index contributed by atoms with van der Waals surface area (Å²) in [4.78, 5) is 4.36. The van der Waals surface area contributed by atoms with E-state index in [4.69, 9.17) is 13.7 Å². The van der Waals surface area contributed by atoms with Gasteiger partial charge in [0.15, 0.2) is 9.84 Å². The Morgan fingerprint density at radius 1 is 1.21 bits per heavy atom. The molecule has 3 heterocycles. The maximum Gasteiger partial charge on any atom is 0.277 e. The lowest BCUT2D eigenvalue weighted by molar-refractivity contribution is 0.383. The first-order chi connectivity index (χ1) is 13.5. The SMILES string of the molecule is COc1ccc(-c2noc(CSc3nnc(C[C@H]4CCS(=O)(=O)C4)o3)n2)cc1. The van der Waals surface area contributed by atoms with Crippen molar-refractivity contribution in [3.63, 3.8) is 0 Å². The second-order valence-electron chi connectivity index (χ2n) is 6.46. The molecule has 11 heteroatoms. The van der Waals surface area contributed by atoms with Crippen LogP contribution in [0.3, 0.4) is 0 Å². The summed E-state index contributed by atoms with van der Waals surface area (Å²) in [6.07, 6.45) is 1.12.